The number of benzene rings is 1. The van der Waals surface area contributed by atoms with E-state index in [9.17, 15) is 4.79 Å². The van der Waals surface area contributed by atoms with Crippen molar-refractivity contribution < 1.29 is 4.79 Å². The lowest BCUT2D eigenvalue weighted by molar-refractivity contribution is -0.113. The number of alkyl halides is 3. The average Bonchev–Trinajstić information content (AvgIpc) is 2.15. The minimum atomic E-state index is -1.88. The molecule has 0 saturated carbocycles. The predicted molar refractivity (Wildman–Crippen MR) is 68.5 cm³/mol. The number of ketones is 1. The molecule has 0 saturated heterocycles. The number of allylic oxidation sites excluding steroid dienone is 1. The molecule has 0 fully saturated rings. The first-order chi connectivity index (χ1) is 6.89. The summed E-state index contributed by atoms with van der Waals surface area (Å²) in [6.45, 7) is 0. The van der Waals surface area contributed by atoms with Crippen LogP contribution in [0.15, 0.2) is 34.8 Å². The molecule has 0 bridgehead atoms. The van der Waals surface area contributed by atoms with Gasteiger partial charge in [-0.2, -0.15) is 0 Å². The molecule has 80 valence electrons. The Morgan fingerprint density at radius 2 is 1.73 bits per heavy atom. The van der Waals surface area contributed by atoms with Gasteiger partial charge in [-0.05, 0) is 23.8 Å². The second-order valence-electron chi connectivity index (χ2n) is 2.75. The monoisotopic (exact) mass is 326 g/mol. The van der Waals surface area contributed by atoms with E-state index in [1.165, 1.54) is 6.08 Å². The molecule has 1 rings (SSSR count). The van der Waals surface area contributed by atoms with Crippen LogP contribution in [0, 0.1) is 0 Å². The Morgan fingerprint density at radius 3 is 2.20 bits per heavy atom. The molecule has 0 aromatic heterocycles. The molecular formula is C10H6BrCl3O. The summed E-state index contributed by atoms with van der Waals surface area (Å²) in [5, 5.41) is 0. The second kappa shape index (κ2) is 5.35. The van der Waals surface area contributed by atoms with Gasteiger partial charge in [0.15, 0.2) is 0 Å². The Labute approximate surface area is 111 Å². The minimum absolute atomic E-state index is 0.560. The quantitative estimate of drug-likeness (QED) is 0.581. The maximum Gasteiger partial charge on any atom is 0.252 e. The van der Waals surface area contributed by atoms with Crippen LogP contribution in [0.4, 0.5) is 0 Å². The van der Waals surface area contributed by atoms with Gasteiger partial charge in [-0.1, -0.05) is 68.9 Å². The number of rotatable bonds is 2. The summed E-state index contributed by atoms with van der Waals surface area (Å²) in [4.78, 5) is 11.2. The lowest BCUT2D eigenvalue weighted by atomic mass is 10.2. The van der Waals surface area contributed by atoms with Gasteiger partial charge < -0.3 is 0 Å². The molecule has 15 heavy (non-hydrogen) atoms. The van der Waals surface area contributed by atoms with Crippen LogP contribution < -0.4 is 0 Å². The van der Waals surface area contributed by atoms with Gasteiger partial charge in [0.2, 0.25) is 5.78 Å². The van der Waals surface area contributed by atoms with Gasteiger partial charge in [-0.25, -0.2) is 0 Å². The van der Waals surface area contributed by atoms with E-state index in [0.717, 1.165) is 10.0 Å². The highest BCUT2D eigenvalue weighted by atomic mass is 79.9. The van der Waals surface area contributed by atoms with Gasteiger partial charge in [-0.15, -0.1) is 0 Å². The van der Waals surface area contributed by atoms with Crippen LogP contribution in [0.5, 0.6) is 0 Å². The predicted octanol–water partition coefficient (Wildman–Crippen LogP) is 4.40. The molecule has 0 aliphatic rings. The number of carbonyl (C=O) groups excluding carboxylic acids is 1. The molecule has 0 unspecified atom stereocenters. The van der Waals surface area contributed by atoms with Gasteiger partial charge >= 0.3 is 0 Å². The van der Waals surface area contributed by atoms with E-state index >= 15 is 0 Å². The Bertz CT molecular complexity index is 379. The number of hydrogen-bond donors (Lipinski definition) is 0. The SMILES string of the molecule is O=C(/C=C/c1ccc(Br)cc1)C(Cl)(Cl)Cl. The first-order valence-corrected chi connectivity index (χ1v) is 5.87. The number of hydrogen-bond acceptors (Lipinski definition) is 1. The van der Waals surface area contributed by atoms with Crippen molar-refractivity contribution in [1.29, 1.82) is 0 Å². The molecular weight excluding hydrogens is 322 g/mol. The molecule has 0 aliphatic heterocycles. The van der Waals surface area contributed by atoms with Crippen molar-refractivity contribution in [3.8, 4) is 0 Å². The molecule has 0 atom stereocenters. The Balaban J connectivity index is 2.74. The zero-order valence-electron chi connectivity index (χ0n) is 7.38. The fourth-order valence-electron chi connectivity index (χ4n) is 0.840. The van der Waals surface area contributed by atoms with E-state index in [1.807, 2.05) is 24.3 Å². The van der Waals surface area contributed by atoms with E-state index in [0.29, 0.717) is 0 Å². The topological polar surface area (TPSA) is 17.1 Å². The zero-order valence-corrected chi connectivity index (χ0v) is 11.2. The van der Waals surface area contributed by atoms with E-state index in [-0.39, 0.29) is 0 Å². The molecule has 1 aromatic rings. The van der Waals surface area contributed by atoms with E-state index in [2.05, 4.69) is 15.9 Å². The van der Waals surface area contributed by atoms with Crippen molar-refractivity contribution in [2.45, 2.75) is 3.79 Å². The summed E-state index contributed by atoms with van der Waals surface area (Å²) < 4.78 is -0.918. The van der Waals surface area contributed by atoms with Gasteiger partial charge in [0.1, 0.15) is 0 Å². The van der Waals surface area contributed by atoms with Crippen LogP contribution in [0.2, 0.25) is 0 Å². The van der Waals surface area contributed by atoms with Crippen molar-refractivity contribution in [1.82, 2.24) is 0 Å². The molecule has 0 N–H and O–H groups in total. The fourth-order valence-corrected chi connectivity index (χ4v) is 1.29. The molecule has 0 amide bonds. The van der Waals surface area contributed by atoms with Gasteiger partial charge in [0, 0.05) is 4.47 Å². The second-order valence-corrected chi connectivity index (χ2v) is 5.94. The van der Waals surface area contributed by atoms with Crippen LogP contribution in [0.25, 0.3) is 6.08 Å². The fraction of sp³-hybridized carbons (Fsp3) is 0.100. The van der Waals surface area contributed by atoms with Crippen LogP contribution >= 0.6 is 50.7 Å². The summed E-state index contributed by atoms with van der Waals surface area (Å²) in [6.07, 6.45) is 2.84. The summed E-state index contributed by atoms with van der Waals surface area (Å²) in [5.74, 6) is -0.560. The van der Waals surface area contributed by atoms with E-state index in [4.69, 9.17) is 34.8 Å². The van der Waals surface area contributed by atoms with Gasteiger partial charge in [-0.3, -0.25) is 4.79 Å². The van der Waals surface area contributed by atoms with Crippen LogP contribution in [0.1, 0.15) is 5.56 Å². The Morgan fingerprint density at radius 1 is 1.20 bits per heavy atom. The van der Waals surface area contributed by atoms with Gasteiger partial charge in [0.05, 0.1) is 0 Å². The first-order valence-electron chi connectivity index (χ1n) is 3.94. The maximum atomic E-state index is 11.2. The highest BCUT2D eigenvalue weighted by molar-refractivity contribution is 9.10. The smallest absolute Gasteiger partial charge is 0.252 e. The zero-order chi connectivity index (χ0) is 11.5. The lowest BCUT2D eigenvalue weighted by Crippen LogP contribution is -2.15. The number of carbonyl (C=O) groups is 1. The van der Waals surface area contributed by atoms with Gasteiger partial charge in [0.25, 0.3) is 3.79 Å². The van der Waals surface area contributed by atoms with Crippen LogP contribution in [0.3, 0.4) is 0 Å². The average molecular weight is 328 g/mol. The minimum Gasteiger partial charge on any atom is -0.290 e. The molecule has 0 spiro atoms. The Kier molecular flexibility index (Phi) is 4.65. The first kappa shape index (κ1) is 13.0. The molecule has 1 nitrogen and oxygen atoms in total. The van der Waals surface area contributed by atoms with Crippen LogP contribution in [-0.4, -0.2) is 9.58 Å². The third kappa shape index (κ3) is 4.56. The standard InChI is InChI=1S/C10H6BrCl3O/c11-8-4-1-7(2-5-8)3-6-9(15)10(12,13)14/h1-6H/b6-3+. The van der Waals surface area contributed by atoms with E-state index < -0.39 is 9.58 Å². The highest BCUT2D eigenvalue weighted by Gasteiger charge is 2.27. The van der Waals surface area contributed by atoms with E-state index in [1.54, 1.807) is 6.08 Å². The third-order valence-corrected chi connectivity index (χ3v) is 2.66. The summed E-state index contributed by atoms with van der Waals surface area (Å²) in [7, 11) is 0. The molecule has 0 heterocycles. The summed E-state index contributed by atoms with van der Waals surface area (Å²) >= 11 is 19.5. The molecule has 5 heteroatoms. The Hall–Kier alpha value is -0.0200. The third-order valence-electron chi connectivity index (χ3n) is 1.58. The van der Waals surface area contributed by atoms with Crippen molar-refractivity contribution in [2.24, 2.45) is 0 Å². The molecule has 0 radical (unpaired) electrons. The highest BCUT2D eigenvalue weighted by Crippen LogP contribution is 2.27. The lowest BCUT2D eigenvalue weighted by Gasteiger charge is -2.04. The summed E-state index contributed by atoms with van der Waals surface area (Å²) in [5.41, 5.74) is 0.862. The normalized spacial score (nSPS) is 12.0. The maximum absolute atomic E-state index is 11.2. The van der Waals surface area contributed by atoms with Crippen LogP contribution in [-0.2, 0) is 4.79 Å². The molecule has 1 aromatic carbocycles. The number of halogens is 4. The largest absolute Gasteiger partial charge is 0.290 e. The van der Waals surface area contributed by atoms with Crippen molar-refractivity contribution >= 4 is 62.6 Å². The van der Waals surface area contributed by atoms with Crippen molar-refractivity contribution in [2.75, 3.05) is 0 Å². The van der Waals surface area contributed by atoms with Crippen molar-refractivity contribution in [3.63, 3.8) is 0 Å². The van der Waals surface area contributed by atoms with Crippen molar-refractivity contribution in [3.05, 3.63) is 40.4 Å². The molecule has 0 aliphatic carbocycles. The summed E-state index contributed by atoms with van der Waals surface area (Å²) in [6, 6.07) is 7.40.